The Kier molecular flexibility index (Phi) is 2.92. The van der Waals surface area contributed by atoms with E-state index >= 15 is 0 Å². The minimum atomic E-state index is -0.136. The highest BCUT2D eigenvalue weighted by molar-refractivity contribution is 9.10. The molecule has 3 rings (SSSR count). The molecule has 2 aliphatic rings. The van der Waals surface area contributed by atoms with Crippen LogP contribution in [0.1, 0.15) is 12.8 Å². The van der Waals surface area contributed by atoms with Gasteiger partial charge in [-0.2, -0.15) is 9.78 Å². The molecular weight excluding hydrogens is 284 g/mol. The van der Waals surface area contributed by atoms with E-state index in [1.54, 1.807) is 12.4 Å². The van der Waals surface area contributed by atoms with E-state index in [4.69, 9.17) is 0 Å². The van der Waals surface area contributed by atoms with Gasteiger partial charge in [-0.1, -0.05) is 0 Å². The Hall–Kier alpha value is -0.880. The minimum Gasteiger partial charge on any atom is -0.332 e. The molecule has 1 aromatic rings. The number of aromatic nitrogens is 2. The van der Waals surface area contributed by atoms with Gasteiger partial charge in [0.15, 0.2) is 0 Å². The molecule has 0 spiro atoms. The van der Waals surface area contributed by atoms with Crippen molar-refractivity contribution < 1.29 is 4.79 Å². The molecule has 0 aromatic carbocycles. The molecule has 1 aromatic heterocycles. The van der Waals surface area contributed by atoms with Crippen molar-refractivity contribution in [1.29, 1.82) is 0 Å². The average molecular weight is 299 g/mol. The van der Waals surface area contributed by atoms with Crippen molar-refractivity contribution in [2.75, 3.05) is 19.6 Å². The van der Waals surface area contributed by atoms with E-state index in [9.17, 15) is 4.79 Å². The molecular formula is C11H15BrN4O. The first-order valence-corrected chi connectivity index (χ1v) is 6.73. The highest BCUT2D eigenvalue weighted by Crippen LogP contribution is 2.26. The SMILES string of the molecule is O=C(N[C@@H]1C[C@H]2CCN(C2)C1)n1cc(Br)cn1. The van der Waals surface area contributed by atoms with Crippen molar-refractivity contribution in [2.24, 2.45) is 5.92 Å². The summed E-state index contributed by atoms with van der Waals surface area (Å²) >= 11 is 3.28. The highest BCUT2D eigenvalue weighted by atomic mass is 79.9. The maximum Gasteiger partial charge on any atom is 0.342 e. The van der Waals surface area contributed by atoms with Gasteiger partial charge < -0.3 is 10.2 Å². The standard InChI is InChI=1S/C11H15BrN4O/c12-9-4-13-16(6-9)11(17)14-10-3-8-1-2-15(5-8)7-10/h4,6,8,10H,1-3,5,7H2,(H,14,17)/t8-,10-/m1/s1. The first-order chi connectivity index (χ1) is 8.20. The van der Waals surface area contributed by atoms with E-state index in [0.29, 0.717) is 0 Å². The first kappa shape index (κ1) is 11.2. The van der Waals surface area contributed by atoms with Crippen LogP contribution in [0.15, 0.2) is 16.9 Å². The molecule has 2 aliphatic heterocycles. The van der Waals surface area contributed by atoms with Crippen LogP contribution in [0.5, 0.6) is 0 Å². The number of hydrogen-bond donors (Lipinski definition) is 1. The summed E-state index contributed by atoms with van der Waals surface area (Å²) in [6.45, 7) is 3.37. The Morgan fingerprint density at radius 2 is 2.41 bits per heavy atom. The minimum absolute atomic E-state index is 0.136. The number of hydrogen-bond acceptors (Lipinski definition) is 3. The van der Waals surface area contributed by atoms with Crippen molar-refractivity contribution in [3.05, 3.63) is 16.9 Å². The van der Waals surface area contributed by atoms with Crippen molar-refractivity contribution >= 4 is 22.0 Å². The molecule has 3 atom stereocenters. The van der Waals surface area contributed by atoms with E-state index in [1.165, 1.54) is 24.2 Å². The molecule has 1 N–H and O–H groups in total. The molecule has 0 radical (unpaired) electrons. The number of rotatable bonds is 1. The predicted molar refractivity (Wildman–Crippen MR) is 66.8 cm³/mol. The third-order valence-corrected chi connectivity index (χ3v) is 3.96. The number of carbonyl (C=O) groups is 1. The number of carbonyl (C=O) groups excluding carboxylic acids is 1. The van der Waals surface area contributed by atoms with E-state index in [0.717, 1.165) is 23.4 Å². The molecule has 0 saturated carbocycles. The van der Waals surface area contributed by atoms with Gasteiger partial charge in [-0.15, -0.1) is 0 Å². The lowest BCUT2D eigenvalue weighted by Crippen LogP contribution is -2.48. The second kappa shape index (κ2) is 4.42. The van der Waals surface area contributed by atoms with Gasteiger partial charge in [-0.25, -0.2) is 4.79 Å². The average Bonchev–Trinajstić information content (AvgIpc) is 2.85. The maximum atomic E-state index is 11.9. The lowest BCUT2D eigenvalue weighted by atomic mass is 9.97. The topological polar surface area (TPSA) is 50.2 Å². The Bertz CT molecular complexity index is 421. The van der Waals surface area contributed by atoms with Gasteiger partial charge in [0.05, 0.1) is 10.7 Å². The summed E-state index contributed by atoms with van der Waals surface area (Å²) in [5, 5.41) is 7.03. The zero-order chi connectivity index (χ0) is 11.8. The first-order valence-electron chi connectivity index (χ1n) is 5.94. The molecule has 1 unspecified atom stereocenters. The molecule has 3 heterocycles. The number of nitrogens with zero attached hydrogens (tertiary/aromatic N) is 3. The van der Waals surface area contributed by atoms with Crippen LogP contribution in [0.3, 0.4) is 0 Å². The van der Waals surface area contributed by atoms with Crippen LogP contribution in [0, 0.1) is 5.92 Å². The fraction of sp³-hybridized carbons (Fsp3) is 0.636. The molecule has 92 valence electrons. The van der Waals surface area contributed by atoms with E-state index < -0.39 is 0 Å². The smallest absolute Gasteiger partial charge is 0.332 e. The number of nitrogens with one attached hydrogen (secondary N) is 1. The van der Waals surface area contributed by atoms with E-state index in [-0.39, 0.29) is 12.1 Å². The van der Waals surface area contributed by atoms with E-state index in [1.807, 2.05) is 0 Å². The zero-order valence-electron chi connectivity index (χ0n) is 9.47. The summed E-state index contributed by atoms with van der Waals surface area (Å²) < 4.78 is 2.16. The third-order valence-electron chi connectivity index (χ3n) is 3.55. The number of piperidine rings is 1. The second-order valence-corrected chi connectivity index (χ2v) is 5.82. The summed E-state index contributed by atoms with van der Waals surface area (Å²) in [4.78, 5) is 14.3. The van der Waals surface area contributed by atoms with Gasteiger partial charge in [0.2, 0.25) is 0 Å². The van der Waals surface area contributed by atoms with Crippen LogP contribution in [0.4, 0.5) is 4.79 Å². The summed E-state index contributed by atoms with van der Waals surface area (Å²) in [6, 6.07) is 0.134. The quantitative estimate of drug-likeness (QED) is 0.850. The van der Waals surface area contributed by atoms with Crippen LogP contribution >= 0.6 is 15.9 Å². The van der Waals surface area contributed by atoms with Crippen LogP contribution in [0.2, 0.25) is 0 Å². The van der Waals surface area contributed by atoms with Gasteiger partial charge in [0.1, 0.15) is 0 Å². The number of amides is 1. The molecule has 0 aliphatic carbocycles. The van der Waals surface area contributed by atoms with Crippen LogP contribution in [0.25, 0.3) is 0 Å². The van der Waals surface area contributed by atoms with E-state index in [2.05, 4.69) is 31.2 Å². The largest absolute Gasteiger partial charge is 0.342 e. The Balaban J connectivity index is 1.62. The second-order valence-electron chi connectivity index (χ2n) is 4.90. The molecule has 2 bridgehead atoms. The number of halogens is 1. The van der Waals surface area contributed by atoms with Crippen LogP contribution in [-0.2, 0) is 0 Å². The van der Waals surface area contributed by atoms with Gasteiger partial charge in [0, 0.05) is 25.3 Å². The Morgan fingerprint density at radius 1 is 1.53 bits per heavy atom. The third kappa shape index (κ3) is 2.37. The molecule has 1 amide bonds. The monoisotopic (exact) mass is 298 g/mol. The summed E-state index contributed by atoms with van der Waals surface area (Å²) in [5.74, 6) is 0.762. The van der Waals surface area contributed by atoms with Crippen LogP contribution in [-0.4, -0.2) is 46.4 Å². The Morgan fingerprint density at radius 3 is 3.12 bits per heavy atom. The fourth-order valence-electron chi connectivity index (χ4n) is 2.82. The summed E-state index contributed by atoms with van der Waals surface area (Å²) in [7, 11) is 0. The predicted octanol–water partition coefficient (Wildman–Crippen LogP) is 1.30. The zero-order valence-corrected chi connectivity index (χ0v) is 11.1. The van der Waals surface area contributed by atoms with Crippen LogP contribution < -0.4 is 5.32 Å². The molecule has 2 saturated heterocycles. The lowest BCUT2D eigenvalue weighted by molar-refractivity contribution is 0.204. The number of fused-ring (bicyclic) bond motifs is 2. The molecule has 5 nitrogen and oxygen atoms in total. The van der Waals surface area contributed by atoms with Crippen molar-refractivity contribution in [1.82, 2.24) is 20.0 Å². The fourth-order valence-corrected chi connectivity index (χ4v) is 3.10. The van der Waals surface area contributed by atoms with Crippen molar-refractivity contribution in [3.8, 4) is 0 Å². The lowest BCUT2D eigenvalue weighted by Gasteiger charge is -2.30. The normalized spacial score (nSPS) is 31.5. The Labute approximate surface area is 108 Å². The molecule has 2 fully saturated rings. The summed E-state index contributed by atoms with van der Waals surface area (Å²) in [5.41, 5.74) is 0. The molecule has 6 heteroatoms. The van der Waals surface area contributed by atoms with Crippen molar-refractivity contribution in [3.63, 3.8) is 0 Å². The van der Waals surface area contributed by atoms with Gasteiger partial charge in [-0.05, 0) is 41.2 Å². The molecule has 17 heavy (non-hydrogen) atoms. The maximum absolute atomic E-state index is 11.9. The van der Waals surface area contributed by atoms with Crippen molar-refractivity contribution in [2.45, 2.75) is 18.9 Å². The van der Waals surface area contributed by atoms with Gasteiger partial charge in [-0.3, -0.25) is 0 Å². The summed E-state index contributed by atoms with van der Waals surface area (Å²) in [6.07, 6.45) is 5.67. The highest BCUT2D eigenvalue weighted by Gasteiger charge is 2.33. The van der Waals surface area contributed by atoms with Gasteiger partial charge in [0.25, 0.3) is 0 Å². The van der Waals surface area contributed by atoms with Gasteiger partial charge >= 0.3 is 6.03 Å².